The summed E-state index contributed by atoms with van der Waals surface area (Å²) in [6, 6.07) is 16.8. The fraction of sp³-hybridized carbons (Fsp3) is 0.192. The van der Waals surface area contributed by atoms with E-state index >= 15 is 0 Å². The van der Waals surface area contributed by atoms with Gasteiger partial charge in [-0.05, 0) is 66.8 Å². The zero-order chi connectivity index (χ0) is 22.2. The van der Waals surface area contributed by atoms with Crippen LogP contribution in [0.15, 0.2) is 60.8 Å². The molecule has 1 saturated carbocycles. The maximum atomic E-state index is 14.2. The standard InChI is InChI=1S/C26H22FN3O2/c1-15-6-7-17(26(31)29-19-9-10-19)13-22(15)16-8-11-20-18(12-16)14-28-30-24(20)21-4-3-5-23(27)25(21)32-2/h3-8,11-14,19H,9-10H2,1-2H3,(H,29,31). The number of benzene rings is 3. The summed E-state index contributed by atoms with van der Waals surface area (Å²) >= 11 is 0. The molecule has 32 heavy (non-hydrogen) atoms. The number of para-hydroxylation sites is 1. The molecule has 5 rings (SSSR count). The van der Waals surface area contributed by atoms with Crippen LogP contribution in [0.1, 0.15) is 28.8 Å². The van der Waals surface area contributed by atoms with Crippen molar-refractivity contribution < 1.29 is 13.9 Å². The fourth-order valence-electron chi connectivity index (χ4n) is 3.93. The number of nitrogens with one attached hydrogen (secondary N) is 1. The van der Waals surface area contributed by atoms with E-state index in [-0.39, 0.29) is 11.7 Å². The van der Waals surface area contributed by atoms with Crippen molar-refractivity contribution in [2.75, 3.05) is 7.11 Å². The molecule has 1 aromatic heterocycles. The molecule has 1 amide bonds. The number of halogens is 1. The minimum atomic E-state index is -0.447. The van der Waals surface area contributed by atoms with E-state index in [0.717, 1.165) is 40.3 Å². The van der Waals surface area contributed by atoms with Crippen LogP contribution in [0.4, 0.5) is 4.39 Å². The van der Waals surface area contributed by atoms with Crippen molar-refractivity contribution in [3.63, 3.8) is 0 Å². The summed E-state index contributed by atoms with van der Waals surface area (Å²) in [6.07, 6.45) is 3.79. The quantitative estimate of drug-likeness (QED) is 0.469. The number of carbonyl (C=O) groups excluding carboxylic acids is 1. The molecule has 5 nitrogen and oxygen atoms in total. The van der Waals surface area contributed by atoms with Crippen LogP contribution in [0.5, 0.6) is 5.75 Å². The Labute approximate surface area is 185 Å². The first-order valence-corrected chi connectivity index (χ1v) is 10.6. The first-order valence-electron chi connectivity index (χ1n) is 10.6. The number of amides is 1. The second-order valence-corrected chi connectivity index (χ2v) is 8.09. The van der Waals surface area contributed by atoms with E-state index in [1.807, 2.05) is 43.3 Å². The van der Waals surface area contributed by atoms with Crippen molar-refractivity contribution in [1.29, 1.82) is 0 Å². The maximum absolute atomic E-state index is 14.2. The molecule has 0 saturated heterocycles. The van der Waals surface area contributed by atoms with Gasteiger partial charge in [-0.3, -0.25) is 4.79 Å². The number of hydrogen-bond donors (Lipinski definition) is 1. The summed E-state index contributed by atoms with van der Waals surface area (Å²) in [5, 5.41) is 13.2. The average molecular weight is 427 g/mol. The molecule has 0 bridgehead atoms. The zero-order valence-electron chi connectivity index (χ0n) is 17.9. The van der Waals surface area contributed by atoms with Crippen LogP contribution >= 0.6 is 0 Å². The van der Waals surface area contributed by atoms with E-state index < -0.39 is 5.82 Å². The van der Waals surface area contributed by atoms with Gasteiger partial charge < -0.3 is 10.1 Å². The van der Waals surface area contributed by atoms with Gasteiger partial charge in [0.2, 0.25) is 0 Å². The van der Waals surface area contributed by atoms with E-state index in [2.05, 4.69) is 15.5 Å². The number of nitrogens with zero attached hydrogens (tertiary/aromatic N) is 2. The highest BCUT2D eigenvalue weighted by Gasteiger charge is 2.24. The minimum absolute atomic E-state index is 0.0408. The molecule has 0 radical (unpaired) electrons. The zero-order valence-corrected chi connectivity index (χ0v) is 17.9. The van der Waals surface area contributed by atoms with Gasteiger partial charge in [0.05, 0.1) is 13.3 Å². The van der Waals surface area contributed by atoms with Gasteiger partial charge in [-0.2, -0.15) is 5.10 Å². The van der Waals surface area contributed by atoms with E-state index in [4.69, 9.17) is 4.74 Å². The summed E-state index contributed by atoms with van der Waals surface area (Å²) in [5.74, 6) is -0.346. The first-order chi connectivity index (χ1) is 15.5. The molecule has 160 valence electrons. The highest BCUT2D eigenvalue weighted by atomic mass is 19.1. The molecule has 6 heteroatoms. The average Bonchev–Trinajstić information content (AvgIpc) is 3.62. The molecule has 0 atom stereocenters. The lowest BCUT2D eigenvalue weighted by Crippen LogP contribution is -2.25. The van der Waals surface area contributed by atoms with Gasteiger partial charge in [-0.25, -0.2) is 4.39 Å². The molecule has 1 aliphatic rings. The predicted octanol–water partition coefficient (Wildman–Crippen LogP) is 5.31. The Balaban J connectivity index is 1.58. The molecule has 0 aliphatic heterocycles. The summed E-state index contributed by atoms with van der Waals surface area (Å²) in [4.78, 5) is 12.5. The lowest BCUT2D eigenvalue weighted by atomic mass is 9.95. The lowest BCUT2D eigenvalue weighted by molar-refractivity contribution is 0.0951. The Hall–Kier alpha value is -3.80. The van der Waals surface area contributed by atoms with Crippen LogP contribution in [0, 0.1) is 12.7 Å². The number of aromatic nitrogens is 2. The van der Waals surface area contributed by atoms with Crippen LogP contribution in [-0.4, -0.2) is 29.3 Å². The van der Waals surface area contributed by atoms with Crippen LogP contribution in [-0.2, 0) is 0 Å². The van der Waals surface area contributed by atoms with Crippen molar-refractivity contribution in [1.82, 2.24) is 15.5 Å². The molecule has 3 aromatic carbocycles. The van der Waals surface area contributed by atoms with E-state index in [9.17, 15) is 9.18 Å². The number of ether oxygens (including phenoxy) is 1. The Morgan fingerprint density at radius 2 is 1.94 bits per heavy atom. The van der Waals surface area contributed by atoms with E-state index in [1.54, 1.807) is 18.3 Å². The Bertz CT molecular complexity index is 1350. The third-order valence-electron chi connectivity index (χ3n) is 5.81. The largest absolute Gasteiger partial charge is 0.493 e. The van der Waals surface area contributed by atoms with Crippen molar-refractivity contribution in [3.05, 3.63) is 77.7 Å². The normalized spacial score (nSPS) is 13.2. The summed E-state index contributed by atoms with van der Waals surface area (Å²) in [5.41, 5.74) is 4.78. The summed E-state index contributed by atoms with van der Waals surface area (Å²) in [6.45, 7) is 2.02. The maximum Gasteiger partial charge on any atom is 0.251 e. The Morgan fingerprint density at radius 1 is 1.09 bits per heavy atom. The summed E-state index contributed by atoms with van der Waals surface area (Å²) < 4.78 is 19.5. The second-order valence-electron chi connectivity index (χ2n) is 8.09. The number of aryl methyl sites for hydroxylation is 1. The SMILES string of the molecule is COc1c(F)cccc1-c1nncc2cc(-c3cc(C(=O)NC4CC4)ccc3C)ccc12. The molecule has 1 aliphatic carbocycles. The molecule has 4 aromatic rings. The highest BCUT2D eigenvalue weighted by Crippen LogP contribution is 2.36. The topological polar surface area (TPSA) is 64.1 Å². The van der Waals surface area contributed by atoms with Gasteiger partial charge >= 0.3 is 0 Å². The van der Waals surface area contributed by atoms with Crippen molar-refractivity contribution in [3.8, 4) is 28.1 Å². The van der Waals surface area contributed by atoms with Gasteiger partial charge in [0, 0.05) is 27.9 Å². The third kappa shape index (κ3) is 3.68. The predicted molar refractivity (Wildman–Crippen MR) is 122 cm³/mol. The van der Waals surface area contributed by atoms with Gasteiger partial charge in [-0.15, -0.1) is 5.10 Å². The van der Waals surface area contributed by atoms with Gasteiger partial charge in [0.1, 0.15) is 5.69 Å². The molecule has 1 fully saturated rings. The molecule has 0 unspecified atom stereocenters. The molecule has 1 heterocycles. The van der Waals surface area contributed by atoms with Gasteiger partial charge in [0.25, 0.3) is 5.91 Å². The molecular weight excluding hydrogens is 405 g/mol. The van der Waals surface area contributed by atoms with Crippen LogP contribution in [0.25, 0.3) is 33.2 Å². The van der Waals surface area contributed by atoms with Crippen molar-refractivity contribution in [2.45, 2.75) is 25.8 Å². The number of rotatable bonds is 5. The van der Waals surface area contributed by atoms with E-state index in [0.29, 0.717) is 22.9 Å². The third-order valence-corrected chi connectivity index (χ3v) is 5.81. The minimum Gasteiger partial charge on any atom is -0.493 e. The molecule has 1 N–H and O–H groups in total. The molecular formula is C26H22FN3O2. The fourth-order valence-corrected chi connectivity index (χ4v) is 3.93. The van der Waals surface area contributed by atoms with Gasteiger partial charge in [-0.1, -0.05) is 24.3 Å². The first kappa shape index (κ1) is 20.1. The monoisotopic (exact) mass is 427 g/mol. The van der Waals surface area contributed by atoms with Crippen LogP contribution < -0.4 is 10.1 Å². The number of methoxy groups -OCH3 is 1. The van der Waals surface area contributed by atoms with Gasteiger partial charge in [0.15, 0.2) is 11.6 Å². The van der Waals surface area contributed by atoms with Crippen molar-refractivity contribution >= 4 is 16.7 Å². The highest BCUT2D eigenvalue weighted by molar-refractivity contribution is 5.99. The number of fused-ring (bicyclic) bond motifs is 1. The second kappa shape index (κ2) is 8.04. The number of carbonyl (C=O) groups is 1. The lowest BCUT2D eigenvalue weighted by Gasteiger charge is -2.13. The number of hydrogen-bond acceptors (Lipinski definition) is 4. The Kier molecular flexibility index (Phi) is 5.05. The Morgan fingerprint density at radius 3 is 2.72 bits per heavy atom. The summed E-state index contributed by atoms with van der Waals surface area (Å²) in [7, 11) is 1.44. The van der Waals surface area contributed by atoms with E-state index in [1.165, 1.54) is 13.2 Å². The molecule has 0 spiro atoms. The smallest absolute Gasteiger partial charge is 0.251 e. The van der Waals surface area contributed by atoms with Crippen LogP contribution in [0.3, 0.4) is 0 Å². The van der Waals surface area contributed by atoms with Crippen molar-refractivity contribution in [2.24, 2.45) is 0 Å². The van der Waals surface area contributed by atoms with Crippen LogP contribution in [0.2, 0.25) is 0 Å².